The number of piperazine rings is 1. The summed E-state index contributed by atoms with van der Waals surface area (Å²) in [4.78, 5) is 27.7. The molecule has 0 aromatic carbocycles. The van der Waals surface area contributed by atoms with E-state index >= 15 is 0 Å². The van der Waals surface area contributed by atoms with Crippen LogP contribution in [0.4, 0.5) is 0 Å². The molecule has 5 heteroatoms. The third-order valence-electron chi connectivity index (χ3n) is 5.09. The van der Waals surface area contributed by atoms with E-state index in [4.69, 9.17) is 0 Å². The number of hydrogen-bond acceptors (Lipinski definition) is 3. The van der Waals surface area contributed by atoms with Gasteiger partial charge in [0.25, 0.3) is 0 Å². The first-order chi connectivity index (χ1) is 9.56. The maximum absolute atomic E-state index is 13.0. The van der Waals surface area contributed by atoms with Crippen molar-refractivity contribution < 1.29 is 9.59 Å². The van der Waals surface area contributed by atoms with E-state index in [9.17, 15) is 9.59 Å². The topological polar surface area (TPSA) is 49.4 Å². The van der Waals surface area contributed by atoms with E-state index in [1.54, 1.807) is 11.8 Å². The highest BCUT2D eigenvalue weighted by molar-refractivity contribution is 7.98. The first-order valence-corrected chi connectivity index (χ1v) is 9.09. The number of carbonyl (C=O) groups excluding carboxylic acids is 2. The maximum Gasteiger partial charge on any atom is 0.249 e. The summed E-state index contributed by atoms with van der Waals surface area (Å²) in [6, 6.07) is 0. The number of nitrogens with one attached hydrogen (secondary N) is 1. The molecule has 0 atom stereocenters. The summed E-state index contributed by atoms with van der Waals surface area (Å²) in [5, 5.41) is 3.10. The molecular formula is C15H26N2O2S. The number of nitrogens with zero attached hydrogens (tertiary/aromatic N) is 1. The van der Waals surface area contributed by atoms with Crippen molar-refractivity contribution in [2.75, 3.05) is 18.6 Å². The predicted molar refractivity (Wildman–Crippen MR) is 82.7 cm³/mol. The van der Waals surface area contributed by atoms with E-state index < -0.39 is 11.1 Å². The van der Waals surface area contributed by atoms with Crippen molar-refractivity contribution in [2.24, 2.45) is 0 Å². The van der Waals surface area contributed by atoms with E-state index in [1.807, 2.05) is 25.0 Å². The van der Waals surface area contributed by atoms with Gasteiger partial charge in [-0.15, -0.1) is 0 Å². The quantitative estimate of drug-likeness (QED) is 0.846. The fourth-order valence-electron chi connectivity index (χ4n) is 3.73. The normalized spacial score (nSPS) is 24.2. The SMILES string of the molecule is CCC1(CC)C(=O)NC2(CCCC2)C(=O)N1CCSC. The van der Waals surface area contributed by atoms with Gasteiger partial charge in [-0.25, -0.2) is 0 Å². The fraction of sp³-hybridized carbons (Fsp3) is 0.867. The Morgan fingerprint density at radius 2 is 1.80 bits per heavy atom. The van der Waals surface area contributed by atoms with Crippen LogP contribution >= 0.6 is 11.8 Å². The van der Waals surface area contributed by atoms with Crippen molar-refractivity contribution in [1.29, 1.82) is 0 Å². The Kier molecular flexibility index (Phi) is 4.67. The lowest BCUT2D eigenvalue weighted by Crippen LogP contribution is -2.75. The largest absolute Gasteiger partial charge is 0.340 e. The Bertz CT molecular complexity index is 387. The molecule has 1 spiro atoms. The van der Waals surface area contributed by atoms with Gasteiger partial charge in [-0.3, -0.25) is 9.59 Å². The van der Waals surface area contributed by atoms with Crippen molar-refractivity contribution in [1.82, 2.24) is 10.2 Å². The second-order valence-corrected chi connectivity index (χ2v) is 6.92. The number of hydrogen-bond donors (Lipinski definition) is 1. The Labute approximate surface area is 126 Å². The van der Waals surface area contributed by atoms with Gasteiger partial charge in [0.15, 0.2) is 0 Å². The highest BCUT2D eigenvalue weighted by atomic mass is 32.2. The summed E-state index contributed by atoms with van der Waals surface area (Å²) in [7, 11) is 0. The average Bonchev–Trinajstić information content (AvgIpc) is 2.91. The minimum Gasteiger partial charge on any atom is -0.340 e. The molecule has 0 radical (unpaired) electrons. The van der Waals surface area contributed by atoms with Crippen LogP contribution < -0.4 is 5.32 Å². The maximum atomic E-state index is 13.0. The molecule has 114 valence electrons. The standard InChI is InChI=1S/C15H26N2O2S/c1-4-15(5-2)12(18)16-14(8-6-7-9-14)13(19)17(15)10-11-20-3/h4-11H2,1-3H3,(H,16,18). The van der Waals surface area contributed by atoms with E-state index in [-0.39, 0.29) is 11.8 Å². The smallest absolute Gasteiger partial charge is 0.249 e. The van der Waals surface area contributed by atoms with E-state index in [1.165, 1.54) is 0 Å². The molecule has 1 heterocycles. The molecule has 0 unspecified atom stereocenters. The molecular weight excluding hydrogens is 272 g/mol. The van der Waals surface area contributed by atoms with Gasteiger partial charge < -0.3 is 10.2 Å². The molecule has 0 aromatic rings. The monoisotopic (exact) mass is 298 g/mol. The second kappa shape index (κ2) is 5.96. The molecule has 2 rings (SSSR count). The molecule has 4 nitrogen and oxygen atoms in total. The average molecular weight is 298 g/mol. The lowest BCUT2D eigenvalue weighted by Gasteiger charge is -2.51. The van der Waals surface area contributed by atoms with E-state index in [0.717, 1.165) is 31.4 Å². The van der Waals surface area contributed by atoms with Gasteiger partial charge >= 0.3 is 0 Å². The van der Waals surface area contributed by atoms with Crippen molar-refractivity contribution in [3.8, 4) is 0 Å². The van der Waals surface area contributed by atoms with Crippen LogP contribution in [0.15, 0.2) is 0 Å². The van der Waals surface area contributed by atoms with E-state index in [2.05, 4.69) is 5.32 Å². The summed E-state index contributed by atoms with van der Waals surface area (Å²) >= 11 is 1.73. The Hall–Kier alpha value is -0.710. The zero-order valence-corrected chi connectivity index (χ0v) is 13.6. The molecule has 1 saturated carbocycles. The number of carbonyl (C=O) groups is 2. The predicted octanol–water partition coefficient (Wildman–Crippen LogP) is 2.18. The van der Waals surface area contributed by atoms with Crippen LogP contribution in [0.3, 0.4) is 0 Å². The highest BCUT2D eigenvalue weighted by Crippen LogP contribution is 2.39. The summed E-state index contributed by atoms with van der Waals surface area (Å²) in [6.07, 6.45) is 7.09. The summed E-state index contributed by atoms with van der Waals surface area (Å²) in [6.45, 7) is 4.70. The molecule has 2 amide bonds. The Morgan fingerprint density at radius 1 is 1.20 bits per heavy atom. The molecule has 20 heavy (non-hydrogen) atoms. The molecule has 0 aromatic heterocycles. The van der Waals surface area contributed by atoms with E-state index in [0.29, 0.717) is 19.4 Å². The van der Waals surface area contributed by atoms with Crippen molar-refractivity contribution in [3.05, 3.63) is 0 Å². The third kappa shape index (κ3) is 2.24. The van der Waals surface area contributed by atoms with Crippen LogP contribution in [-0.2, 0) is 9.59 Å². The molecule has 1 aliphatic heterocycles. The van der Waals surface area contributed by atoms with Gasteiger partial charge in [0.1, 0.15) is 11.1 Å². The number of thioether (sulfide) groups is 1. The van der Waals surface area contributed by atoms with Crippen LogP contribution in [0.25, 0.3) is 0 Å². The molecule has 2 aliphatic rings. The van der Waals surface area contributed by atoms with Crippen LogP contribution in [0, 0.1) is 0 Å². The van der Waals surface area contributed by atoms with Crippen molar-refractivity contribution in [2.45, 2.75) is 63.5 Å². The summed E-state index contributed by atoms with van der Waals surface area (Å²) in [5.74, 6) is 1.11. The highest BCUT2D eigenvalue weighted by Gasteiger charge is 2.57. The van der Waals surface area contributed by atoms with Crippen LogP contribution in [-0.4, -0.2) is 46.3 Å². The van der Waals surface area contributed by atoms with Crippen LogP contribution in [0.5, 0.6) is 0 Å². The Balaban J connectivity index is 2.35. The van der Waals surface area contributed by atoms with Crippen LogP contribution in [0.1, 0.15) is 52.4 Å². The first-order valence-electron chi connectivity index (χ1n) is 7.70. The molecule has 1 N–H and O–H groups in total. The minimum atomic E-state index is -0.638. The van der Waals surface area contributed by atoms with Crippen molar-refractivity contribution in [3.63, 3.8) is 0 Å². The van der Waals surface area contributed by atoms with Gasteiger partial charge in [0, 0.05) is 12.3 Å². The zero-order valence-electron chi connectivity index (χ0n) is 12.8. The van der Waals surface area contributed by atoms with Gasteiger partial charge in [0.05, 0.1) is 0 Å². The van der Waals surface area contributed by atoms with Gasteiger partial charge in [-0.1, -0.05) is 26.7 Å². The molecule has 1 saturated heterocycles. The third-order valence-corrected chi connectivity index (χ3v) is 5.68. The Morgan fingerprint density at radius 3 is 2.30 bits per heavy atom. The number of rotatable bonds is 5. The zero-order chi connectivity index (χ0) is 14.8. The van der Waals surface area contributed by atoms with Crippen molar-refractivity contribution >= 4 is 23.6 Å². The summed E-state index contributed by atoms with van der Waals surface area (Å²) in [5.41, 5.74) is -1.23. The molecule has 2 fully saturated rings. The van der Waals surface area contributed by atoms with Gasteiger partial charge in [0.2, 0.25) is 11.8 Å². The fourth-order valence-corrected chi connectivity index (χ4v) is 4.10. The van der Waals surface area contributed by atoms with Gasteiger partial charge in [-0.2, -0.15) is 11.8 Å². The van der Waals surface area contributed by atoms with Crippen LogP contribution in [0.2, 0.25) is 0 Å². The molecule has 0 bridgehead atoms. The first kappa shape index (κ1) is 15.7. The van der Waals surface area contributed by atoms with Gasteiger partial charge in [-0.05, 0) is 31.9 Å². The summed E-state index contributed by atoms with van der Waals surface area (Å²) < 4.78 is 0. The number of amides is 2. The minimum absolute atomic E-state index is 0.0603. The lowest BCUT2D eigenvalue weighted by molar-refractivity contribution is -0.163. The molecule has 1 aliphatic carbocycles. The second-order valence-electron chi connectivity index (χ2n) is 5.93. The lowest BCUT2D eigenvalue weighted by atomic mass is 9.81.